The van der Waals surface area contributed by atoms with E-state index in [1.165, 1.54) is 0 Å². The molecule has 9 nitrogen and oxygen atoms in total. The van der Waals surface area contributed by atoms with Crippen molar-refractivity contribution < 1.29 is 5.11 Å². The van der Waals surface area contributed by atoms with Crippen LogP contribution < -0.4 is 4.90 Å². The summed E-state index contributed by atoms with van der Waals surface area (Å²) in [6.45, 7) is 7.43. The zero-order chi connectivity index (χ0) is 23.8. The first kappa shape index (κ1) is 22.1. The minimum atomic E-state index is -0.343. The minimum absolute atomic E-state index is 0.150. The summed E-state index contributed by atoms with van der Waals surface area (Å²) >= 11 is 0. The molecule has 0 bridgehead atoms. The maximum absolute atomic E-state index is 9.89. The Hall–Kier alpha value is -3.74. The number of rotatable bonds is 5. The third-order valence-corrected chi connectivity index (χ3v) is 6.74. The van der Waals surface area contributed by atoms with Crippen LogP contribution in [0, 0.1) is 11.3 Å². The number of hydrogen-bond acceptors (Lipinski definition) is 7. The van der Waals surface area contributed by atoms with Crippen LogP contribution in [0.3, 0.4) is 0 Å². The van der Waals surface area contributed by atoms with E-state index in [2.05, 4.69) is 45.1 Å². The van der Waals surface area contributed by atoms with Crippen molar-refractivity contribution in [1.82, 2.24) is 29.3 Å². The molecule has 1 aliphatic rings. The van der Waals surface area contributed by atoms with E-state index in [1.54, 1.807) is 15.4 Å². The zero-order valence-electron chi connectivity index (χ0n) is 19.6. The van der Waals surface area contributed by atoms with Crippen LogP contribution in [0.25, 0.3) is 27.8 Å². The molecule has 0 aromatic carbocycles. The van der Waals surface area contributed by atoms with Gasteiger partial charge in [0.25, 0.3) is 0 Å². The second-order valence-corrected chi connectivity index (χ2v) is 8.92. The molecule has 174 valence electrons. The molecular formula is C25H28N8O. The quantitative estimate of drug-likeness (QED) is 0.493. The molecule has 2 atom stereocenters. The highest BCUT2D eigenvalue weighted by atomic mass is 16.3. The Labute approximate surface area is 198 Å². The van der Waals surface area contributed by atoms with Gasteiger partial charge in [-0.15, -0.1) is 0 Å². The largest absolute Gasteiger partial charge is 0.392 e. The van der Waals surface area contributed by atoms with E-state index < -0.39 is 0 Å². The fourth-order valence-corrected chi connectivity index (χ4v) is 4.55. The highest BCUT2D eigenvalue weighted by Gasteiger charge is 2.24. The molecule has 4 aromatic rings. The molecule has 1 N–H and O–H groups in total. The van der Waals surface area contributed by atoms with Crippen LogP contribution in [-0.4, -0.2) is 72.7 Å². The predicted molar refractivity (Wildman–Crippen MR) is 130 cm³/mol. The maximum Gasteiger partial charge on any atom is 0.128 e. The van der Waals surface area contributed by atoms with Gasteiger partial charge in [0.05, 0.1) is 29.6 Å². The van der Waals surface area contributed by atoms with Gasteiger partial charge in [-0.05, 0) is 32.0 Å². The third kappa shape index (κ3) is 4.02. The van der Waals surface area contributed by atoms with Crippen molar-refractivity contribution in [3.63, 3.8) is 0 Å². The lowest BCUT2D eigenvalue weighted by molar-refractivity contribution is 0.0671. The first-order valence-corrected chi connectivity index (χ1v) is 11.5. The normalized spacial score (nSPS) is 16.5. The van der Waals surface area contributed by atoms with E-state index in [0.717, 1.165) is 59.8 Å². The number of nitrogens with zero attached hydrogens (tertiary/aromatic N) is 8. The van der Waals surface area contributed by atoms with Crippen LogP contribution in [-0.2, 0) is 7.05 Å². The third-order valence-electron chi connectivity index (χ3n) is 6.74. The molecule has 1 aliphatic heterocycles. The maximum atomic E-state index is 9.89. The number of hydrogen-bond donors (Lipinski definition) is 1. The van der Waals surface area contributed by atoms with Crippen LogP contribution in [0.1, 0.15) is 19.4 Å². The smallest absolute Gasteiger partial charge is 0.128 e. The lowest BCUT2D eigenvalue weighted by Gasteiger charge is -2.39. The number of aliphatic hydroxyl groups is 1. The minimum Gasteiger partial charge on any atom is -0.392 e. The number of aliphatic hydroxyl groups excluding tert-OH is 1. The van der Waals surface area contributed by atoms with E-state index in [4.69, 9.17) is 4.98 Å². The van der Waals surface area contributed by atoms with Crippen LogP contribution >= 0.6 is 0 Å². The first-order valence-electron chi connectivity index (χ1n) is 11.5. The molecular weight excluding hydrogens is 428 g/mol. The van der Waals surface area contributed by atoms with Crippen molar-refractivity contribution >= 4 is 11.3 Å². The zero-order valence-corrected chi connectivity index (χ0v) is 19.6. The summed E-state index contributed by atoms with van der Waals surface area (Å²) in [5, 5.41) is 28.2. The number of fused-ring (bicyclic) bond motifs is 1. The Balaban J connectivity index is 1.45. The molecule has 0 radical (unpaired) electrons. The molecule has 5 rings (SSSR count). The molecule has 34 heavy (non-hydrogen) atoms. The topological polar surface area (TPSA) is 98.5 Å². The first-order chi connectivity index (χ1) is 16.4. The lowest BCUT2D eigenvalue weighted by Crippen LogP contribution is -2.52. The van der Waals surface area contributed by atoms with Crippen LogP contribution in [0.4, 0.5) is 5.82 Å². The number of pyridine rings is 2. The molecule has 9 heteroatoms. The van der Waals surface area contributed by atoms with Gasteiger partial charge in [0.15, 0.2) is 0 Å². The van der Waals surface area contributed by atoms with Gasteiger partial charge in [-0.1, -0.05) is 0 Å². The van der Waals surface area contributed by atoms with Crippen LogP contribution in [0.2, 0.25) is 0 Å². The number of anilines is 1. The summed E-state index contributed by atoms with van der Waals surface area (Å²) in [4.78, 5) is 9.36. The van der Waals surface area contributed by atoms with Gasteiger partial charge >= 0.3 is 0 Å². The summed E-state index contributed by atoms with van der Waals surface area (Å²) in [7, 11) is 1.89. The standard InChI is InChI=1S/C25H28N8O/c1-17(18(2)34)31-6-8-32(9-7-31)24-5-4-19(12-27-24)23-10-20(22-14-28-30(3)15-22)16-33-25(23)21(11-26)13-29-33/h4-5,10,12-18,34H,6-9H2,1-3H3/t17-,18+/m1/s1. The molecule has 1 fully saturated rings. The van der Waals surface area contributed by atoms with Crippen molar-refractivity contribution in [2.75, 3.05) is 31.1 Å². The Morgan fingerprint density at radius 3 is 2.38 bits per heavy atom. The highest BCUT2D eigenvalue weighted by molar-refractivity contribution is 5.87. The number of aryl methyl sites for hydroxylation is 1. The fraction of sp³-hybridized carbons (Fsp3) is 0.360. The highest BCUT2D eigenvalue weighted by Crippen LogP contribution is 2.32. The average Bonchev–Trinajstić information content (AvgIpc) is 3.49. The van der Waals surface area contributed by atoms with Gasteiger partial charge in [-0.3, -0.25) is 9.58 Å². The molecule has 0 spiro atoms. The summed E-state index contributed by atoms with van der Waals surface area (Å²) < 4.78 is 3.52. The monoisotopic (exact) mass is 456 g/mol. The van der Waals surface area contributed by atoms with Gasteiger partial charge < -0.3 is 10.0 Å². The van der Waals surface area contributed by atoms with Crippen molar-refractivity contribution in [2.45, 2.75) is 26.0 Å². The Bertz CT molecular complexity index is 1340. The van der Waals surface area contributed by atoms with Crippen molar-refractivity contribution in [3.8, 4) is 28.3 Å². The van der Waals surface area contributed by atoms with E-state index in [0.29, 0.717) is 5.56 Å². The molecule has 4 aromatic heterocycles. The van der Waals surface area contributed by atoms with Crippen molar-refractivity contribution in [2.24, 2.45) is 7.05 Å². The molecule has 0 aliphatic carbocycles. The second kappa shape index (κ2) is 8.89. The molecule has 0 amide bonds. The van der Waals surface area contributed by atoms with Gasteiger partial charge in [0.1, 0.15) is 11.9 Å². The van der Waals surface area contributed by atoms with E-state index >= 15 is 0 Å². The second-order valence-electron chi connectivity index (χ2n) is 8.92. The van der Waals surface area contributed by atoms with E-state index in [9.17, 15) is 10.4 Å². The number of aromatic nitrogens is 5. The lowest BCUT2D eigenvalue weighted by atomic mass is 10.0. The van der Waals surface area contributed by atoms with Gasteiger partial charge in [0, 0.05) is 80.1 Å². The summed E-state index contributed by atoms with van der Waals surface area (Å²) in [5.41, 5.74) is 5.08. The number of piperazine rings is 1. The van der Waals surface area contributed by atoms with Gasteiger partial charge in [-0.25, -0.2) is 9.50 Å². The SMILES string of the molecule is C[C@H](O)[C@@H](C)N1CCN(c2ccc(-c3cc(-c4cnn(C)c4)cn4ncc(C#N)c34)cn2)CC1. The Kier molecular flexibility index (Phi) is 5.77. The average molecular weight is 457 g/mol. The molecule has 0 saturated carbocycles. The summed E-state index contributed by atoms with van der Waals surface area (Å²) in [6, 6.07) is 8.58. The number of nitriles is 1. The van der Waals surface area contributed by atoms with Crippen molar-refractivity contribution in [3.05, 3.63) is 54.7 Å². The van der Waals surface area contributed by atoms with E-state index in [-0.39, 0.29) is 12.1 Å². The van der Waals surface area contributed by atoms with Crippen LogP contribution in [0.15, 0.2) is 49.2 Å². The summed E-state index contributed by atoms with van der Waals surface area (Å²) in [5.74, 6) is 0.932. The van der Waals surface area contributed by atoms with E-state index in [1.807, 2.05) is 44.8 Å². The van der Waals surface area contributed by atoms with Crippen LogP contribution in [0.5, 0.6) is 0 Å². The predicted octanol–water partition coefficient (Wildman–Crippen LogP) is 2.56. The van der Waals surface area contributed by atoms with Gasteiger partial charge in [0.2, 0.25) is 0 Å². The molecule has 5 heterocycles. The molecule has 1 saturated heterocycles. The molecule has 0 unspecified atom stereocenters. The summed E-state index contributed by atoms with van der Waals surface area (Å²) in [6.07, 6.45) is 8.83. The Morgan fingerprint density at radius 1 is 0.971 bits per heavy atom. The fourth-order valence-electron chi connectivity index (χ4n) is 4.55. The van der Waals surface area contributed by atoms with Crippen molar-refractivity contribution in [1.29, 1.82) is 5.26 Å². The van der Waals surface area contributed by atoms with Gasteiger partial charge in [-0.2, -0.15) is 15.5 Å². The Morgan fingerprint density at radius 2 is 1.76 bits per heavy atom.